The zero-order chi connectivity index (χ0) is 15.6. The molecule has 8 heteroatoms. The Labute approximate surface area is 124 Å². The number of amides is 1. The van der Waals surface area contributed by atoms with Crippen molar-refractivity contribution in [1.29, 1.82) is 0 Å². The Bertz CT molecular complexity index is 662. The predicted molar refractivity (Wildman–Crippen MR) is 77.2 cm³/mol. The maximum absolute atomic E-state index is 12.0. The fraction of sp³-hybridized carbons (Fsp3) is 0.308. The summed E-state index contributed by atoms with van der Waals surface area (Å²) < 4.78 is 0. The van der Waals surface area contributed by atoms with Crippen molar-refractivity contribution < 1.29 is 19.8 Å². The molecule has 0 aromatic carbocycles. The molecule has 0 aliphatic heterocycles. The fourth-order valence-corrected chi connectivity index (χ4v) is 2.40. The number of thiazole rings is 1. The fourth-order valence-electron chi connectivity index (χ4n) is 1.78. The third-order valence-electron chi connectivity index (χ3n) is 2.88. The van der Waals surface area contributed by atoms with Crippen LogP contribution in [0.3, 0.4) is 0 Å². The second-order valence-electron chi connectivity index (χ2n) is 4.58. The maximum Gasteiger partial charge on any atom is 0.328 e. The zero-order valence-electron chi connectivity index (χ0n) is 11.5. The van der Waals surface area contributed by atoms with Gasteiger partial charge in [-0.15, -0.1) is 11.3 Å². The molecule has 0 saturated carbocycles. The van der Waals surface area contributed by atoms with E-state index in [4.69, 9.17) is 5.11 Å². The maximum atomic E-state index is 12.0. The lowest BCUT2D eigenvalue weighted by Gasteiger charge is -2.16. The molecule has 0 radical (unpaired) electrons. The lowest BCUT2D eigenvalue weighted by molar-refractivity contribution is -0.141. The van der Waals surface area contributed by atoms with Crippen molar-refractivity contribution in [3.8, 4) is 11.3 Å². The third-order valence-corrected chi connectivity index (χ3v) is 3.65. The molecule has 4 N–H and O–H groups in total. The zero-order valence-corrected chi connectivity index (χ0v) is 12.3. The molecular weight excluding hydrogens is 294 g/mol. The van der Waals surface area contributed by atoms with E-state index in [-0.39, 0.29) is 5.69 Å². The summed E-state index contributed by atoms with van der Waals surface area (Å²) in [5.41, 5.74) is 1.70. The van der Waals surface area contributed by atoms with Gasteiger partial charge in [-0.25, -0.2) is 9.78 Å². The number of hydrogen-bond acceptors (Lipinski definition) is 5. The number of aromatic amines is 1. The summed E-state index contributed by atoms with van der Waals surface area (Å²) in [6, 6.07) is 0.232. The summed E-state index contributed by atoms with van der Waals surface area (Å²) >= 11 is 1.50. The number of nitrogens with one attached hydrogen (secondary N) is 2. The molecule has 7 nitrogen and oxygen atoms in total. The largest absolute Gasteiger partial charge is 0.480 e. The second kappa shape index (κ2) is 6.06. The number of aliphatic hydroxyl groups is 1. The first-order valence-corrected chi connectivity index (χ1v) is 7.09. The average molecular weight is 309 g/mol. The van der Waals surface area contributed by atoms with Crippen molar-refractivity contribution in [2.75, 3.05) is 0 Å². The van der Waals surface area contributed by atoms with E-state index in [2.05, 4.69) is 15.3 Å². The standard InChI is InChI=1S/C13H15N3O4S/c1-6(17)11(13(19)20)16-12(18)9-3-8(4-14-9)10-5-21-7(2)15-10/h3-6,11,14,17H,1-2H3,(H,16,18)(H,19,20)/t6-,11+/m1/s1. The van der Waals surface area contributed by atoms with Crippen LogP contribution in [0.15, 0.2) is 17.6 Å². The van der Waals surface area contributed by atoms with Gasteiger partial charge in [0.15, 0.2) is 6.04 Å². The first-order chi connectivity index (χ1) is 9.88. The Morgan fingerprint density at radius 3 is 2.71 bits per heavy atom. The van der Waals surface area contributed by atoms with Crippen LogP contribution in [0.5, 0.6) is 0 Å². The molecule has 0 spiro atoms. The minimum atomic E-state index is -1.36. The van der Waals surface area contributed by atoms with Gasteiger partial charge in [0, 0.05) is 17.1 Å². The van der Waals surface area contributed by atoms with Gasteiger partial charge in [-0.05, 0) is 19.9 Å². The average Bonchev–Trinajstić information content (AvgIpc) is 3.03. The minimum Gasteiger partial charge on any atom is -0.480 e. The molecule has 2 heterocycles. The molecule has 0 unspecified atom stereocenters. The molecule has 2 aromatic rings. The number of H-pyrrole nitrogens is 1. The topological polar surface area (TPSA) is 115 Å². The van der Waals surface area contributed by atoms with Gasteiger partial charge in [0.2, 0.25) is 0 Å². The molecule has 21 heavy (non-hydrogen) atoms. The van der Waals surface area contributed by atoms with Crippen molar-refractivity contribution in [3.05, 3.63) is 28.3 Å². The molecule has 2 rings (SSSR count). The quantitative estimate of drug-likeness (QED) is 0.658. The van der Waals surface area contributed by atoms with E-state index in [1.165, 1.54) is 18.3 Å². The number of nitrogens with zero attached hydrogens (tertiary/aromatic N) is 1. The molecular formula is C13H15N3O4S. The first kappa shape index (κ1) is 15.2. The number of hydrogen-bond donors (Lipinski definition) is 4. The molecule has 2 aromatic heterocycles. The number of aliphatic carboxylic acids is 1. The Balaban J connectivity index is 2.14. The van der Waals surface area contributed by atoms with Gasteiger partial charge in [0.05, 0.1) is 16.8 Å². The van der Waals surface area contributed by atoms with Crippen LogP contribution in [0.4, 0.5) is 0 Å². The number of carboxylic acids is 1. The number of aryl methyl sites for hydroxylation is 1. The van der Waals surface area contributed by atoms with Gasteiger partial charge in [-0.1, -0.05) is 0 Å². The van der Waals surface area contributed by atoms with Crippen molar-refractivity contribution in [2.45, 2.75) is 26.0 Å². The van der Waals surface area contributed by atoms with Crippen molar-refractivity contribution in [2.24, 2.45) is 0 Å². The van der Waals surface area contributed by atoms with Crippen LogP contribution < -0.4 is 5.32 Å². The van der Waals surface area contributed by atoms with Crippen LogP contribution in [0.1, 0.15) is 22.4 Å². The number of carboxylic acid groups (broad SMARTS) is 1. The Hall–Kier alpha value is -2.19. The molecule has 112 valence electrons. The number of carbonyl (C=O) groups is 2. The van der Waals surface area contributed by atoms with Gasteiger partial charge in [-0.2, -0.15) is 0 Å². The summed E-state index contributed by atoms with van der Waals surface area (Å²) in [5, 5.41) is 23.3. The Kier molecular flexibility index (Phi) is 4.39. The number of carbonyl (C=O) groups excluding carboxylic acids is 1. The van der Waals surface area contributed by atoms with Crippen molar-refractivity contribution in [1.82, 2.24) is 15.3 Å². The molecule has 0 bridgehead atoms. The molecule has 1 amide bonds. The molecule has 2 atom stereocenters. The molecule has 0 saturated heterocycles. The summed E-state index contributed by atoms with van der Waals surface area (Å²) in [5.74, 6) is -1.89. The normalized spacial score (nSPS) is 13.7. The predicted octanol–water partition coefficient (Wildman–Crippen LogP) is 1.01. The van der Waals surface area contributed by atoms with Gasteiger partial charge >= 0.3 is 5.97 Å². The van der Waals surface area contributed by atoms with E-state index in [9.17, 15) is 14.7 Å². The highest BCUT2D eigenvalue weighted by molar-refractivity contribution is 7.09. The highest BCUT2D eigenvalue weighted by Gasteiger charge is 2.26. The van der Waals surface area contributed by atoms with Gasteiger partial charge < -0.3 is 20.5 Å². The van der Waals surface area contributed by atoms with E-state index in [0.29, 0.717) is 0 Å². The van der Waals surface area contributed by atoms with Crippen molar-refractivity contribution >= 4 is 23.2 Å². The Morgan fingerprint density at radius 1 is 1.48 bits per heavy atom. The first-order valence-electron chi connectivity index (χ1n) is 6.21. The van der Waals surface area contributed by atoms with E-state index in [1.54, 1.807) is 12.3 Å². The summed E-state index contributed by atoms with van der Waals surface area (Å²) in [4.78, 5) is 30.0. The lowest BCUT2D eigenvalue weighted by Crippen LogP contribution is -2.47. The second-order valence-corrected chi connectivity index (χ2v) is 5.65. The van der Waals surface area contributed by atoms with Crippen LogP contribution in [-0.4, -0.2) is 44.2 Å². The van der Waals surface area contributed by atoms with Crippen LogP contribution in [-0.2, 0) is 4.79 Å². The van der Waals surface area contributed by atoms with Crippen molar-refractivity contribution in [3.63, 3.8) is 0 Å². The van der Waals surface area contributed by atoms with Gasteiger partial charge in [0.25, 0.3) is 5.91 Å². The molecule has 0 fully saturated rings. The minimum absolute atomic E-state index is 0.211. The summed E-state index contributed by atoms with van der Waals surface area (Å²) in [7, 11) is 0. The van der Waals surface area contributed by atoms with E-state index in [1.807, 2.05) is 12.3 Å². The van der Waals surface area contributed by atoms with Crippen LogP contribution in [0.25, 0.3) is 11.3 Å². The summed E-state index contributed by atoms with van der Waals surface area (Å²) in [6.45, 7) is 3.19. The van der Waals surface area contributed by atoms with E-state index in [0.717, 1.165) is 16.3 Å². The molecule has 0 aliphatic carbocycles. The van der Waals surface area contributed by atoms with Crippen LogP contribution >= 0.6 is 11.3 Å². The smallest absolute Gasteiger partial charge is 0.328 e. The summed E-state index contributed by atoms with van der Waals surface area (Å²) in [6.07, 6.45) is 0.434. The number of aromatic nitrogens is 2. The lowest BCUT2D eigenvalue weighted by atomic mass is 10.2. The SMILES string of the molecule is Cc1nc(-c2c[nH]c(C(=O)N[C@H](C(=O)O)[C@@H](C)O)c2)cs1. The van der Waals surface area contributed by atoms with Crippen LogP contribution in [0.2, 0.25) is 0 Å². The van der Waals surface area contributed by atoms with Gasteiger partial charge in [0.1, 0.15) is 5.69 Å². The Morgan fingerprint density at radius 2 is 2.19 bits per heavy atom. The van der Waals surface area contributed by atoms with E-state index >= 15 is 0 Å². The van der Waals surface area contributed by atoms with Crippen LogP contribution in [0, 0.1) is 6.92 Å². The third kappa shape index (κ3) is 3.47. The number of aliphatic hydroxyl groups excluding tert-OH is 1. The number of rotatable bonds is 5. The monoisotopic (exact) mass is 309 g/mol. The highest BCUT2D eigenvalue weighted by atomic mass is 32.1. The highest BCUT2D eigenvalue weighted by Crippen LogP contribution is 2.22. The molecule has 0 aliphatic rings. The van der Waals surface area contributed by atoms with E-state index < -0.39 is 24.0 Å². The van der Waals surface area contributed by atoms with Gasteiger partial charge in [-0.3, -0.25) is 4.79 Å².